The number of rotatable bonds is 8. The molecule has 2 rings (SSSR count). The molecule has 0 aliphatic heterocycles. The monoisotopic (exact) mass is 285 g/mol. The first-order valence-electron chi connectivity index (χ1n) is 7.43. The fourth-order valence-corrected chi connectivity index (χ4v) is 2.24. The molecule has 2 atom stereocenters. The van der Waals surface area contributed by atoms with Gasteiger partial charge in [0.25, 0.3) is 0 Å². The number of aromatic nitrogens is 2. The summed E-state index contributed by atoms with van der Waals surface area (Å²) < 4.78 is 0. The highest BCUT2D eigenvalue weighted by Gasteiger charge is 2.08. The highest BCUT2D eigenvalue weighted by atomic mass is 16.3. The van der Waals surface area contributed by atoms with Gasteiger partial charge < -0.3 is 10.4 Å². The number of nitrogens with one attached hydrogen (secondary N) is 1. The Morgan fingerprint density at radius 2 is 1.81 bits per heavy atom. The Morgan fingerprint density at radius 1 is 1.10 bits per heavy atom. The van der Waals surface area contributed by atoms with Crippen molar-refractivity contribution < 1.29 is 5.11 Å². The zero-order valence-corrected chi connectivity index (χ0v) is 12.4. The van der Waals surface area contributed by atoms with E-state index in [1.54, 1.807) is 6.33 Å². The van der Waals surface area contributed by atoms with Crippen LogP contribution in [0.4, 0.5) is 0 Å². The van der Waals surface area contributed by atoms with Gasteiger partial charge in [-0.1, -0.05) is 30.3 Å². The molecule has 0 bridgehead atoms. The summed E-state index contributed by atoms with van der Waals surface area (Å²) in [5.74, 6) is 0. The van der Waals surface area contributed by atoms with E-state index in [-0.39, 0.29) is 6.10 Å². The van der Waals surface area contributed by atoms with Gasteiger partial charge in [-0.25, -0.2) is 9.97 Å². The van der Waals surface area contributed by atoms with Crippen molar-refractivity contribution in [3.05, 3.63) is 60.2 Å². The molecule has 0 amide bonds. The molecule has 0 saturated carbocycles. The first-order chi connectivity index (χ1) is 10.2. The van der Waals surface area contributed by atoms with Gasteiger partial charge in [0, 0.05) is 25.0 Å². The molecule has 1 aromatic heterocycles. The van der Waals surface area contributed by atoms with Gasteiger partial charge in [0.1, 0.15) is 6.33 Å². The van der Waals surface area contributed by atoms with Crippen LogP contribution in [0, 0.1) is 0 Å². The van der Waals surface area contributed by atoms with Crippen LogP contribution in [-0.4, -0.2) is 33.8 Å². The Morgan fingerprint density at radius 3 is 2.52 bits per heavy atom. The fraction of sp³-hybridized carbons (Fsp3) is 0.412. The van der Waals surface area contributed by atoms with Gasteiger partial charge in [-0.15, -0.1) is 0 Å². The number of hydrogen-bond acceptors (Lipinski definition) is 4. The molecule has 0 fully saturated rings. The second kappa shape index (κ2) is 8.49. The summed E-state index contributed by atoms with van der Waals surface area (Å²) in [6, 6.07) is 10.4. The lowest BCUT2D eigenvalue weighted by molar-refractivity contribution is 0.167. The molecule has 0 aliphatic rings. The summed E-state index contributed by atoms with van der Waals surface area (Å²) in [5.41, 5.74) is 2.32. The predicted molar refractivity (Wildman–Crippen MR) is 84.0 cm³/mol. The minimum atomic E-state index is -0.352. The molecule has 0 spiro atoms. The molecule has 2 unspecified atom stereocenters. The van der Waals surface area contributed by atoms with E-state index >= 15 is 0 Å². The SMILES string of the molecule is CC(CCc1cncnc1)NCC(O)Cc1ccccc1. The number of hydrogen-bond donors (Lipinski definition) is 2. The predicted octanol–water partition coefficient (Wildman–Crippen LogP) is 1.99. The maximum atomic E-state index is 10.1. The quantitative estimate of drug-likeness (QED) is 0.779. The number of aryl methyl sites for hydroxylation is 1. The Labute approximate surface area is 126 Å². The fourth-order valence-electron chi connectivity index (χ4n) is 2.24. The first-order valence-corrected chi connectivity index (χ1v) is 7.43. The van der Waals surface area contributed by atoms with Gasteiger partial charge in [0.05, 0.1) is 6.10 Å². The Hall–Kier alpha value is -1.78. The van der Waals surface area contributed by atoms with E-state index in [1.165, 1.54) is 5.56 Å². The van der Waals surface area contributed by atoms with E-state index in [1.807, 2.05) is 42.7 Å². The zero-order chi connectivity index (χ0) is 14.9. The van der Waals surface area contributed by atoms with Gasteiger partial charge in [-0.3, -0.25) is 0 Å². The van der Waals surface area contributed by atoms with Crippen LogP contribution >= 0.6 is 0 Å². The standard InChI is InChI=1S/C17H23N3O/c1-14(7-8-16-10-18-13-19-11-16)20-12-17(21)9-15-5-3-2-4-6-15/h2-6,10-11,13-14,17,20-21H,7-9,12H2,1H3. The third-order valence-electron chi connectivity index (χ3n) is 3.50. The summed E-state index contributed by atoms with van der Waals surface area (Å²) in [5, 5.41) is 13.4. The lowest BCUT2D eigenvalue weighted by Crippen LogP contribution is -2.35. The van der Waals surface area contributed by atoms with Crippen LogP contribution in [0.2, 0.25) is 0 Å². The van der Waals surface area contributed by atoms with Crippen molar-refractivity contribution >= 4 is 0 Å². The number of aliphatic hydroxyl groups is 1. The van der Waals surface area contributed by atoms with Crippen molar-refractivity contribution in [1.82, 2.24) is 15.3 Å². The Balaban J connectivity index is 1.65. The van der Waals surface area contributed by atoms with Crippen LogP contribution in [0.3, 0.4) is 0 Å². The van der Waals surface area contributed by atoms with Crippen molar-refractivity contribution in [1.29, 1.82) is 0 Å². The summed E-state index contributed by atoms with van der Waals surface area (Å²) in [7, 11) is 0. The summed E-state index contributed by atoms with van der Waals surface area (Å²) >= 11 is 0. The molecule has 1 heterocycles. The van der Waals surface area contributed by atoms with Crippen molar-refractivity contribution in [2.75, 3.05) is 6.54 Å². The molecule has 1 aromatic carbocycles. The lowest BCUT2D eigenvalue weighted by atomic mass is 10.1. The number of benzene rings is 1. The van der Waals surface area contributed by atoms with E-state index in [4.69, 9.17) is 0 Å². The maximum Gasteiger partial charge on any atom is 0.115 e. The van der Waals surface area contributed by atoms with Crippen LogP contribution in [0.15, 0.2) is 49.1 Å². The van der Waals surface area contributed by atoms with Gasteiger partial charge in [-0.05, 0) is 37.3 Å². The summed E-state index contributed by atoms with van der Waals surface area (Å²) in [6.07, 6.45) is 7.54. The van der Waals surface area contributed by atoms with Gasteiger partial charge in [0.2, 0.25) is 0 Å². The smallest absolute Gasteiger partial charge is 0.115 e. The summed E-state index contributed by atoms with van der Waals surface area (Å²) in [4.78, 5) is 8.02. The molecular formula is C17H23N3O. The largest absolute Gasteiger partial charge is 0.391 e. The Bertz CT molecular complexity index is 504. The molecular weight excluding hydrogens is 262 g/mol. The minimum Gasteiger partial charge on any atom is -0.391 e. The van der Waals surface area contributed by atoms with Crippen LogP contribution < -0.4 is 5.32 Å². The van der Waals surface area contributed by atoms with E-state index in [9.17, 15) is 5.11 Å². The average molecular weight is 285 g/mol. The van der Waals surface area contributed by atoms with Crippen molar-refractivity contribution in [3.63, 3.8) is 0 Å². The van der Waals surface area contributed by atoms with Crippen molar-refractivity contribution in [2.45, 2.75) is 38.3 Å². The second-order valence-corrected chi connectivity index (χ2v) is 5.44. The molecule has 4 nitrogen and oxygen atoms in total. The van der Waals surface area contributed by atoms with Crippen LogP contribution in [0.5, 0.6) is 0 Å². The average Bonchev–Trinajstić information content (AvgIpc) is 2.53. The normalized spacial score (nSPS) is 13.8. The maximum absolute atomic E-state index is 10.1. The van der Waals surface area contributed by atoms with E-state index in [2.05, 4.69) is 22.2 Å². The lowest BCUT2D eigenvalue weighted by Gasteiger charge is -2.17. The summed E-state index contributed by atoms with van der Waals surface area (Å²) in [6.45, 7) is 2.75. The molecule has 21 heavy (non-hydrogen) atoms. The molecule has 2 N–H and O–H groups in total. The molecule has 112 valence electrons. The van der Waals surface area contributed by atoms with Crippen LogP contribution in [-0.2, 0) is 12.8 Å². The first kappa shape index (κ1) is 15.6. The number of aliphatic hydroxyl groups excluding tert-OH is 1. The third kappa shape index (κ3) is 6.02. The molecule has 4 heteroatoms. The Kier molecular flexibility index (Phi) is 6.31. The van der Waals surface area contributed by atoms with Crippen molar-refractivity contribution in [3.8, 4) is 0 Å². The van der Waals surface area contributed by atoms with Crippen molar-refractivity contribution in [2.24, 2.45) is 0 Å². The highest BCUT2D eigenvalue weighted by Crippen LogP contribution is 2.04. The van der Waals surface area contributed by atoms with Gasteiger partial charge in [-0.2, -0.15) is 0 Å². The van der Waals surface area contributed by atoms with Crippen LogP contribution in [0.1, 0.15) is 24.5 Å². The van der Waals surface area contributed by atoms with E-state index < -0.39 is 0 Å². The molecule has 0 aliphatic carbocycles. The van der Waals surface area contributed by atoms with Crippen LogP contribution in [0.25, 0.3) is 0 Å². The zero-order valence-electron chi connectivity index (χ0n) is 12.4. The topological polar surface area (TPSA) is 58.0 Å². The minimum absolute atomic E-state index is 0.352. The molecule has 0 radical (unpaired) electrons. The molecule has 0 saturated heterocycles. The van der Waals surface area contributed by atoms with E-state index in [0.717, 1.165) is 18.4 Å². The van der Waals surface area contributed by atoms with Gasteiger partial charge in [0.15, 0.2) is 0 Å². The van der Waals surface area contributed by atoms with E-state index in [0.29, 0.717) is 19.0 Å². The third-order valence-corrected chi connectivity index (χ3v) is 3.50. The second-order valence-electron chi connectivity index (χ2n) is 5.44. The number of nitrogens with zero attached hydrogens (tertiary/aromatic N) is 2. The highest BCUT2D eigenvalue weighted by molar-refractivity contribution is 5.15. The molecule has 2 aromatic rings. The van der Waals surface area contributed by atoms with Gasteiger partial charge >= 0.3 is 0 Å².